The van der Waals surface area contributed by atoms with Crippen molar-refractivity contribution in [2.24, 2.45) is 0 Å². The topological polar surface area (TPSA) is 71.1 Å². The van der Waals surface area contributed by atoms with Crippen molar-refractivity contribution in [3.8, 4) is 11.5 Å². The number of benzene rings is 2. The second kappa shape index (κ2) is 12.2. The summed E-state index contributed by atoms with van der Waals surface area (Å²) in [5, 5.41) is 0. The van der Waals surface area contributed by atoms with Crippen LogP contribution in [-0.4, -0.2) is 5.97 Å². The van der Waals surface area contributed by atoms with Crippen LogP contribution in [0.25, 0.3) is 0 Å². The van der Waals surface area contributed by atoms with Crippen molar-refractivity contribution in [2.75, 3.05) is 0 Å². The van der Waals surface area contributed by atoms with Crippen LogP contribution in [0.4, 0.5) is 0 Å². The Kier molecular flexibility index (Phi) is 9.60. The van der Waals surface area contributed by atoms with E-state index in [1.165, 1.54) is 12.8 Å². The van der Waals surface area contributed by atoms with Gasteiger partial charge in [-0.15, -0.1) is 0 Å². The maximum absolute atomic E-state index is 13.0. The molecule has 0 heterocycles. The fourth-order valence-electron chi connectivity index (χ4n) is 2.45. The van der Waals surface area contributed by atoms with Crippen LogP contribution in [0.5, 0.6) is 11.5 Å². The lowest BCUT2D eigenvalue weighted by atomic mass is 10.1. The van der Waals surface area contributed by atoms with Gasteiger partial charge in [0.05, 0.1) is 0 Å². The molecule has 0 radical (unpaired) electrons. The number of carbonyl (C=O) groups is 1. The first kappa shape index (κ1) is 22.0. The third kappa shape index (κ3) is 8.59. The smallest absolute Gasteiger partial charge is 0.393 e. The molecule has 0 saturated carbocycles. The summed E-state index contributed by atoms with van der Waals surface area (Å²) in [5.74, 6) is -0.0634. The van der Waals surface area contributed by atoms with Gasteiger partial charge in [0, 0.05) is 6.42 Å². The van der Waals surface area contributed by atoms with E-state index in [1.54, 1.807) is 60.7 Å². The molecule has 2 rings (SSSR count). The summed E-state index contributed by atoms with van der Waals surface area (Å²) < 4.78 is 28.5. The molecule has 0 fully saturated rings. The number of unbranched alkanes of at least 4 members (excludes halogenated alkanes) is 5. The van der Waals surface area contributed by atoms with Gasteiger partial charge in [-0.2, -0.15) is 0 Å². The summed E-state index contributed by atoms with van der Waals surface area (Å²) in [5.41, 5.74) is 0. The Morgan fingerprint density at radius 2 is 1.29 bits per heavy atom. The van der Waals surface area contributed by atoms with E-state index in [0.717, 1.165) is 19.3 Å². The van der Waals surface area contributed by atoms with E-state index in [4.69, 9.17) is 18.6 Å². The van der Waals surface area contributed by atoms with Crippen molar-refractivity contribution in [1.82, 2.24) is 0 Å². The largest absolute Gasteiger partial charge is 0.625 e. The highest BCUT2D eigenvalue weighted by molar-refractivity contribution is 7.49. The normalized spacial score (nSPS) is 11.0. The minimum absolute atomic E-state index is 0.183. The number of hydrogen-bond acceptors (Lipinski definition) is 6. The molecule has 0 amide bonds. The van der Waals surface area contributed by atoms with Crippen LogP contribution in [0.15, 0.2) is 60.7 Å². The van der Waals surface area contributed by atoms with Crippen molar-refractivity contribution >= 4 is 13.8 Å². The maximum Gasteiger partial charge on any atom is 0.625 e. The molecule has 6 nitrogen and oxygen atoms in total. The SMILES string of the molecule is CCCCCCCCC(=O)OOP(=O)(Oc1ccccc1)Oc1ccccc1. The molecule has 0 aliphatic carbocycles. The molecular weight excluding hydrogens is 379 g/mol. The molecule has 0 aliphatic rings. The van der Waals surface area contributed by atoms with Crippen molar-refractivity contribution in [1.29, 1.82) is 0 Å². The summed E-state index contributed by atoms with van der Waals surface area (Å²) >= 11 is 0. The highest BCUT2D eigenvalue weighted by atomic mass is 31.2. The van der Waals surface area contributed by atoms with Gasteiger partial charge in [0.1, 0.15) is 11.5 Å². The molecule has 152 valence electrons. The second-order valence-corrected chi connectivity index (χ2v) is 7.71. The summed E-state index contributed by atoms with van der Waals surface area (Å²) in [6.45, 7) is 2.15. The Morgan fingerprint density at radius 3 is 1.82 bits per heavy atom. The number of phosphoric ester groups is 1. The Hall–Kier alpha value is -2.30. The van der Waals surface area contributed by atoms with Gasteiger partial charge in [-0.05, 0) is 30.7 Å². The van der Waals surface area contributed by atoms with E-state index < -0.39 is 13.8 Å². The number of para-hydroxylation sites is 2. The molecule has 0 saturated heterocycles. The van der Waals surface area contributed by atoms with E-state index >= 15 is 0 Å². The quantitative estimate of drug-likeness (QED) is 0.164. The molecular formula is C21H27O6P. The number of rotatable bonds is 13. The third-order valence-corrected chi connectivity index (χ3v) is 5.00. The van der Waals surface area contributed by atoms with Crippen LogP contribution in [-0.2, 0) is 18.9 Å². The predicted molar refractivity (Wildman–Crippen MR) is 107 cm³/mol. The minimum atomic E-state index is -4.21. The van der Waals surface area contributed by atoms with Crippen LogP contribution in [0.1, 0.15) is 51.9 Å². The molecule has 0 aliphatic heterocycles. The highest BCUT2D eigenvalue weighted by Gasteiger charge is 2.34. The number of phosphoric acid groups is 1. The van der Waals surface area contributed by atoms with Gasteiger partial charge in [0.25, 0.3) is 0 Å². The Labute approximate surface area is 166 Å². The van der Waals surface area contributed by atoms with Crippen LogP contribution in [0.2, 0.25) is 0 Å². The van der Waals surface area contributed by atoms with Gasteiger partial charge in [0.2, 0.25) is 0 Å². The van der Waals surface area contributed by atoms with Gasteiger partial charge in [0.15, 0.2) is 0 Å². The lowest BCUT2D eigenvalue weighted by molar-refractivity contribution is -0.221. The van der Waals surface area contributed by atoms with Gasteiger partial charge in [-0.25, -0.2) is 9.36 Å². The maximum atomic E-state index is 13.0. The molecule has 0 N–H and O–H groups in total. The fraction of sp³-hybridized carbons (Fsp3) is 0.381. The first-order valence-corrected chi connectivity index (χ1v) is 11.1. The molecule has 28 heavy (non-hydrogen) atoms. The van der Waals surface area contributed by atoms with Gasteiger partial charge < -0.3 is 9.05 Å². The predicted octanol–water partition coefficient (Wildman–Crippen LogP) is 6.48. The van der Waals surface area contributed by atoms with Crippen LogP contribution >= 0.6 is 7.82 Å². The first-order chi connectivity index (χ1) is 13.6. The third-order valence-electron chi connectivity index (χ3n) is 3.88. The molecule has 0 spiro atoms. The van der Waals surface area contributed by atoms with Gasteiger partial charge in [-0.3, -0.25) is 4.89 Å². The molecule has 0 atom stereocenters. The Balaban J connectivity index is 1.88. The highest BCUT2D eigenvalue weighted by Crippen LogP contribution is 2.49. The minimum Gasteiger partial charge on any atom is -0.393 e. The lowest BCUT2D eigenvalue weighted by Crippen LogP contribution is -2.10. The fourth-order valence-corrected chi connectivity index (χ4v) is 3.48. The van der Waals surface area contributed by atoms with Crippen molar-refractivity contribution in [3.63, 3.8) is 0 Å². The van der Waals surface area contributed by atoms with Crippen LogP contribution in [0, 0.1) is 0 Å². The first-order valence-electron chi connectivity index (χ1n) is 9.60. The van der Waals surface area contributed by atoms with E-state index in [9.17, 15) is 9.36 Å². The zero-order valence-corrected chi connectivity index (χ0v) is 17.0. The Morgan fingerprint density at radius 1 is 0.786 bits per heavy atom. The average molecular weight is 406 g/mol. The van der Waals surface area contributed by atoms with Crippen LogP contribution in [0.3, 0.4) is 0 Å². The van der Waals surface area contributed by atoms with Gasteiger partial charge >= 0.3 is 13.8 Å². The van der Waals surface area contributed by atoms with Crippen molar-refractivity contribution < 1.29 is 28.0 Å². The average Bonchev–Trinajstić information content (AvgIpc) is 2.70. The van der Waals surface area contributed by atoms with E-state index in [2.05, 4.69) is 6.92 Å². The van der Waals surface area contributed by atoms with Crippen molar-refractivity contribution in [3.05, 3.63) is 60.7 Å². The van der Waals surface area contributed by atoms with E-state index in [1.807, 2.05) is 0 Å². The molecule has 7 heteroatoms. The van der Waals surface area contributed by atoms with E-state index in [-0.39, 0.29) is 17.9 Å². The van der Waals surface area contributed by atoms with Crippen LogP contribution < -0.4 is 9.05 Å². The summed E-state index contributed by atoms with van der Waals surface area (Å²) in [6, 6.07) is 16.8. The molecule has 2 aromatic rings. The lowest BCUT2D eigenvalue weighted by Gasteiger charge is -2.17. The summed E-state index contributed by atoms with van der Waals surface area (Å²) in [7, 11) is -4.21. The molecule has 0 unspecified atom stereocenters. The second-order valence-electron chi connectivity index (χ2n) is 6.30. The van der Waals surface area contributed by atoms with Crippen molar-refractivity contribution in [2.45, 2.75) is 51.9 Å². The summed E-state index contributed by atoms with van der Waals surface area (Å²) in [6.07, 6.45) is 6.42. The zero-order chi connectivity index (χ0) is 20.1. The number of carbonyl (C=O) groups excluding carboxylic acids is 1. The summed E-state index contributed by atoms with van der Waals surface area (Å²) in [4.78, 5) is 16.6. The van der Waals surface area contributed by atoms with Gasteiger partial charge in [-0.1, -0.05) is 80.1 Å². The van der Waals surface area contributed by atoms with E-state index in [0.29, 0.717) is 6.42 Å². The molecule has 0 aromatic heterocycles. The number of hydrogen-bond donors (Lipinski definition) is 0. The standard InChI is InChI=1S/C21H27O6P/c1-2-3-4-5-6-13-18-21(22)24-27-28(23,25-19-14-9-7-10-15-19)26-20-16-11-8-12-17-20/h7-12,14-17H,2-6,13,18H2,1H3. The molecule has 2 aromatic carbocycles. The Bertz CT molecular complexity index is 690. The monoisotopic (exact) mass is 406 g/mol. The zero-order valence-electron chi connectivity index (χ0n) is 16.1. The molecule has 0 bridgehead atoms.